The third kappa shape index (κ3) is 3.05. The number of sulfonamides is 1. The summed E-state index contributed by atoms with van der Waals surface area (Å²) in [6.07, 6.45) is 1.34. The van der Waals surface area contributed by atoms with E-state index in [0.717, 1.165) is 0 Å². The van der Waals surface area contributed by atoms with E-state index in [1.807, 2.05) is 19.9 Å². The molecular weight excluding hydrogens is 330 g/mol. The smallest absolute Gasteiger partial charge is 0.283 e. The average molecular weight is 347 g/mol. The molecule has 2 heterocycles. The lowest BCUT2D eigenvalue weighted by molar-refractivity contribution is 0.372. The lowest BCUT2D eigenvalue weighted by Crippen LogP contribution is -2.15. The van der Waals surface area contributed by atoms with Crippen molar-refractivity contribution in [2.75, 3.05) is 4.72 Å². The van der Waals surface area contributed by atoms with Crippen LogP contribution < -0.4 is 4.72 Å². The van der Waals surface area contributed by atoms with Gasteiger partial charge in [0.05, 0.1) is 6.20 Å². The minimum Gasteiger partial charge on any atom is -0.440 e. The number of rotatable bonds is 5. The van der Waals surface area contributed by atoms with E-state index in [0.29, 0.717) is 17.0 Å². The maximum Gasteiger partial charge on any atom is 0.283 e. The van der Waals surface area contributed by atoms with Crippen molar-refractivity contribution in [3.05, 3.63) is 48.2 Å². The van der Waals surface area contributed by atoms with Gasteiger partial charge in [0.25, 0.3) is 10.0 Å². The number of aromatic nitrogens is 2. The summed E-state index contributed by atoms with van der Waals surface area (Å²) in [4.78, 5) is 4.05. The van der Waals surface area contributed by atoms with Gasteiger partial charge in [-0.25, -0.2) is 0 Å². The van der Waals surface area contributed by atoms with Crippen LogP contribution in [0.5, 0.6) is 0 Å². The lowest BCUT2D eigenvalue weighted by Gasteiger charge is -2.07. The number of oxazole rings is 1. The molecule has 0 aliphatic carbocycles. The molecule has 0 atom stereocenters. The maximum atomic E-state index is 12.8. The molecule has 0 bridgehead atoms. The second-order valence-electron chi connectivity index (χ2n) is 5.60. The third-order valence-electron chi connectivity index (χ3n) is 3.36. The first-order valence-electron chi connectivity index (χ1n) is 7.38. The van der Waals surface area contributed by atoms with Crippen LogP contribution >= 0.6 is 0 Å². The van der Waals surface area contributed by atoms with Crippen LogP contribution in [0.1, 0.15) is 31.4 Å². The Morgan fingerprint density at radius 2 is 1.88 bits per heavy atom. The van der Waals surface area contributed by atoms with E-state index in [4.69, 9.17) is 8.94 Å². The molecule has 24 heavy (non-hydrogen) atoms. The molecule has 2 aromatic heterocycles. The predicted octanol–water partition coefficient (Wildman–Crippen LogP) is 3.56. The van der Waals surface area contributed by atoms with Crippen molar-refractivity contribution in [3.63, 3.8) is 0 Å². The Labute approximate surface area is 139 Å². The summed E-state index contributed by atoms with van der Waals surface area (Å²) in [6, 6.07) is 8.96. The first kappa shape index (κ1) is 16.3. The van der Waals surface area contributed by atoms with Gasteiger partial charge >= 0.3 is 0 Å². The van der Waals surface area contributed by atoms with Crippen LogP contribution in [0.4, 0.5) is 5.69 Å². The Morgan fingerprint density at radius 3 is 2.54 bits per heavy atom. The molecule has 1 aromatic carbocycles. The molecule has 0 saturated carbocycles. The minimum atomic E-state index is -3.95. The molecular formula is C16H17N3O4S. The van der Waals surface area contributed by atoms with Crippen molar-refractivity contribution in [1.82, 2.24) is 10.1 Å². The summed E-state index contributed by atoms with van der Waals surface area (Å²) >= 11 is 0. The number of nitrogens with one attached hydrogen (secondary N) is 1. The summed E-state index contributed by atoms with van der Waals surface area (Å²) in [5, 5.41) is 3.50. The molecule has 126 valence electrons. The van der Waals surface area contributed by atoms with Gasteiger partial charge in [-0.05, 0) is 0 Å². The van der Waals surface area contributed by atoms with Crippen LogP contribution in [-0.2, 0) is 10.0 Å². The van der Waals surface area contributed by atoms with Crippen LogP contribution in [0.3, 0.4) is 0 Å². The van der Waals surface area contributed by atoms with E-state index in [9.17, 15) is 8.42 Å². The van der Waals surface area contributed by atoms with Gasteiger partial charge in [0.1, 0.15) is 5.69 Å². The third-order valence-corrected chi connectivity index (χ3v) is 4.63. The molecule has 0 aliphatic rings. The second-order valence-corrected chi connectivity index (χ2v) is 7.19. The summed E-state index contributed by atoms with van der Waals surface area (Å²) in [6.45, 7) is 5.37. The molecule has 0 aliphatic heterocycles. The van der Waals surface area contributed by atoms with Crippen LogP contribution in [0.15, 0.2) is 50.5 Å². The quantitative estimate of drug-likeness (QED) is 0.758. The molecule has 0 saturated heterocycles. The van der Waals surface area contributed by atoms with Crippen molar-refractivity contribution < 1.29 is 17.4 Å². The van der Waals surface area contributed by atoms with Crippen molar-refractivity contribution in [2.24, 2.45) is 0 Å². The normalized spacial score (nSPS) is 11.8. The van der Waals surface area contributed by atoms with Gasteiger partial charge in [0.2, 0.25) is 5.03 Å². The average Bonchev–Trinajstić information content (AvgIpc) is 3.14. The highest BCUT2D eigenvalue weighted by atomic mass is 32.2. The molecule has 0 fully saturated rings. The van der Waals surface area contributed by atoms with Crippen LogP contribution in [0.2, 0.25) is 0 Å². The van der Waals surface area contributed by atoms with Gasteiger partial charge < -0.3 is 8.94 Å². The number of hydrogen-bond donors (Lipinski definition) is 1. The summed E-state index contributed by atoms with van der Waals surface area (Å²) in [7, 11) is -3.95. The van der Waals surface area contributed by atoms with Crippen LogP contribution in [0.25, 0.3) is 11.3 Å². The second kappa shape index (κ2) is 6.12. The Kier molecular flexibility index (Phi) is 4.15. The molecule has 8 heteroatoms. The molecule has 0 spiro atoms. The molecule has 0 radical (unpaired) electrons. The van der Waals surface area contributed by atoms with Crippen LogP contribution in [0, 0.1) is 6.92 Å². The highest BCUT2D eigenvalue weighted by Gasteiger charge is 2.28. The van der Waals surface area contributed by atoms with Gasteiger partial charge in [0.15, 0.2) is 17.4 Å². The highest BCUT2D eigenvalue weighted by molar-refractivity contribution is 7.92. The monoisotopic (exact) mass is 347 g/mol. The van der Waals surface area contributed by atoms with E-state index < -0.39 is 10.0 Å². The highest BCUT2D eigenvalue weighted by Crippen LogP contribution is 2.31. The predicted molar refractivity (Wildman–Crippen MR) is 88.1 cm³/mol. The molecule has 3 aromatic rings. The summed E-state index contributed by atoms with van der Waals surface area (Å²) in [5.41, 5.74) is 0.928. The van der Waals surface area contributed by atoms with Gasteiger partial charge in [0, 0.05) is 18.4 Å². The topological polar surface area (TPSA) is 98.2 Å². The zero-order valence-electron chi connectivity index (χ0n) is 13.5. The fourth-order valence-corrected chi connectivity index (χ4v) is 3.49. The molecule has 0 amide bonds. The fourth-order valence-electron chi connectivity index (χ4n) is 2.30. The van der Waals surface area contributed by atoms with Gasteiger partial charge in [-0.15, -0.1) is 0 Å². The number of nitrogens with zero attached hydrogens (tertiary/aromatic N) is 2. The Bertz CT molecular complexity index is 943. The van der Waals surface area contributed by atoms with E-state index >= 15 is 0 Å². The Morgan fingerprint density at radius 1 is 1.17 bits per heavy atom. The fraction of sp³-hybridized carbons (Fsp3) is 0.250. The Hall–Kier alpha value is -2.61. The largest absolute Gasteiger partial charge is 0.440 e. The maximum absolute atomic E-state index is 12.8. The van der Waals surface area contributed by atoms with Crippen molar-refractivity contribution in [2.45, 2.75) is 31.7 Å². The van der Waals surface area contributed by atoms with E-state index in [2.05, 4.69) is 14.9 Å². The number of hydrogen-bond acceptors (Lipinski definition) is 6. The SMILES string of the molecule is Cc1nc(S(=O)(=O)Nc2cnoc2C(C)C)c(-c2ccccc2)o1. The first-order valence-corrected chi connectivity index (χ1v) is 8.87. The number of aryl methyl sites for hydroxylation is 1. The summed E-state index contributed by atoms with van der Waals surface area (Å²) < 4.78 is 38.7. The van der Waals surface area contributed by atoms with Crippen LogP contribution in [-0.4, -0.2) is 18.6 Å². The van der Waals surface area contributed by atoms with E-state index in [-0.39, 0.29) is 22.6 Å². The standard InChI is InChI=1S/C16H17N3O4S/c1-10(2)14-13(9-17-23-14)19-24(20,21)16-15(22-11(3)18-16)12-7-5-4-6-8-12/h4-10,19H,1-3H3. The van der Waals surface area contributed by atoms with Gasteiger partial charge in [-0.2, -0.15) is 13.4 Å². The lowest BCUT2D eigenvalue weighted by atomic mass is 10.1. The molecule has 0 unspecified atom stereocenters. The van der Waals surface area contributed by atoms with E-state index in [1.54, 1.807) is 31.2 Å². The van der Waals surface area contributed by atoms with Crippen molar-refractivity contribution in [1.29, 1.82) is 0 Å². The molecule has 3 rings (SSSR count). The zero-order valence-corrected chi connectivity index (χ0v) is 14.3. The first-order chi connectivity index (χ1) is 11.4. The number of anilines is 1. The molecule has 1 N–H and O–H groups in total. The Balaban J connectivity index is 2.04. The van der Waals surface area contributed by atoms with Crippen molar-refractivity contribution in [3.8, 4) is 11.3 Å². The molecule has 7 nitrogen and oxygen atoms in total. The van der Waals surface area contributed by atoms with Gasteiger partial charge in [-0.3, -0.25) is 4.72 Å². The number of benzene rings is 1. The minimum absolute atomic E-state index is 0.0159. The van der Waals surface area contributed by atoms with Crippen molar-refractivity contribution >= 4 is 15.7 Å². The van der Waals surface area contributed by atoms with E-state index in [1.165, 1.54) is 6.20 Å². The van der Waals surface area contributed by atoms with Gasteiger partial charge in [-0.1, -0.05) is 49.3 Å². The zero-order chi connectivity index (χ0) is 17.3. The summed E-state index contributed by atoms with van der Waals surface area (Å²) in [5.74, 6) is 0.907.